The molecule has 1 aliphatic rings. The Morgan fingerprint density at radius 3 is 2.86 bits per heavy atom. The van der Waals surface area contributed by atoms with E-state index in [0.29, 0.717) is 5.56 Å². The largest absolute Gasteiger partial charge is 0.378 e. The normalized spacial score (nSPS) is 14.7. The Hall–Kier alpha value is -2.90. The quantitative estimate of drug-likeness (QED) is 0.575. The van der Waals surface area contributed by atoms with Gasteiger partial charge in [-0.2, -0.15) is 0 Å². The van der Waals surface area contributed by atoms with Crippen LogP contribution in [-0.4, -0.2) is 41.8 Å². The van der Waals surface area contributed by atoms with Gasteiger partial charge in [0, 0.05) is 42.9 Å². The Labute approximate surface area is 166 Å². The summed E-state index contributed by atoms with van der Waals surface area (Å²) in [5.74, 6) is -0.103. The average molecular weight is 392 g/mol. The SMILES string of the molecule is Cn1cc(C(=O)Nc2ccc3nc(N4CCOCC4)sc3c2)c2ccccc21. The number of rotatable bonds is 3. The van der Waals surface area contributed by atoms with Crippen molar-refractivity contribution in [1.29, 1.82) is 0 Å². The lowest BCUT2D eigenvalue weighted by Gasteiger charge is -2.25. The molecule has 3 heterocycles. The van der Waals surface area contributed by atoms with Crippen molar-refractivity contribution in [3.8, 4) is 0 Å². The maximum absolute atomic E-state index is 12.9. The summed E-state index contributed by atoms with van der Waals surface area (Å²) in [7, 11) is 1.95. The summed E-state index contributed by atoms with van der Waals surface area (Å²) < 4.78 is 8.46. The number of anilines is 2. The molecule has 142 valence electrons. The van der Waals surface area contributed by atoms with Crippen molar-refractivity contribution in [3.05, 3.63) is 54.2 Å². The van der Waals surface area contributed by atoms with Crippen LogP contribution >= 0.6 is 11.3 Å². The molecule has 28 heavy (non-hydrogen) atoms. The molecule has 1 fully saturated rings. The molecule has 2 aromatic carbocycles. The highest BCUT2D eigenvalue weighted by Crippen LogP contribution is 2.31. The lowest BCUT2D eigenvalue weighted by Crippen LogP contribution is -2.36. The summed E-state index contributed by atoms with van der Waals surface area (Å²) >= 11 is 1.65. The zero-order valence-corrected chi connectivity index (χ0v) is 16.3. The summed E-state index contributed by atoms with van der Waals surface area (Å²) in [6.07, 6.45) is 1.88. The van der Waals surface area contributed by atoms with Crippen LogP contribution in [-0.2, 0) is 11.8 Å². The predicted molar refractivity (Wildman–Crippen MR) is 114 cm³/mol. The smallest absolute Gasteiger partial charge is 0.257 e. The van der Waals surface area contributed by atoms with Crippen molar-refractivity contribution in [2.45, 2.75) is 0 Å². The van der Waals surface area contributed by atoms with Gasteiger partial charge in [0.2, 0.25) is 0 Å². The minimum Gasteiger partial charge on any atom is -0.378 e. The van der Waals surface area contributed by atoms with Gasteiger partial charge in [-0.25, -0.2) is 4.98 Å². The Morgan fingerprint density at radius 2 is 2.00 bits per heavy atom. The van der Waals surface area contributed by atoms with Crippen LogP contribution in [0.25, 0.3) is 21.1 Å². The van der Waals surface area contributed by atoms with E-state index in [-0.39, 0.29) is 5.91 Å². The number of fused-ring (bicyclic) bond motifs is 2. The molecule has 0 unspecified atom stereocenters. The highest BCUT2D eigenvalue weighted by Gasteiger charge is 2.17. The fourth-order valence-corrected chi connectivity index (χ4v) is 4.66. The Balaban J connectivity index is 1.42. The summed E-state index contributed by atoms with van der Waals surface area (Å²) in [6.45, 7) is 3.21. The molecule has 5 rings (SSSR count). The number of para-hydroxylation sites is 1. The number of hydrogen-bond acceptors (Lipinski definition) is 5. The molecule has 6 nitrogen and oxygen atoms in total. The van der Waals surface area contributed by atoms with Crippen molar-refractivity contribution in [2.24, 2.45) is 7.05 Å². The van der Waals surface area contributed by atoms with Crippen molar-refractivity contribution in [2.75, 3.05) is 36.5 Å². The molecule has 1 saturated heterocycles. The highest BCUT2D eigenvalue weighted by molar-refractivity contribution is 7.22. The van der Waals surface area contributed by atoms with Crippen LogP contribution in [0.15, 0.2) is 48.7 Å². The lowest BCUT2D eigenvalue weighted by molar-refractivity contribution is 0.102. The van der Waals surface area contributed by atoms with E-state index in [2.05, 4.69) is 10.2 Å². The molecule has 4 aromatic rings. The second-order valence-electron chi connectivity index (χ2n) is 6.90. The van der Waals surface area contributed by atoms with E-state index in [9.17, 15) is 4.79 Å². The number of thiazole rings is 1. The molecule has 0 aliphatic carbocycles. The molecule has 7 heteroatoms. The number of nitrogens with one attached hydrogen (secondary N) is 1. The van der Waals surface area contributed by atoms with Crippen LogP contribution < -0.4 is 10.2 Å². The number of aryl methyl sites for hydroxylation is 1. The van der Waals surface area contributed by atoms with E-state index in [0.717, 1.165) is 58.2 Å². The number of ether oxygens (including phenoxy) is 1. The third kappa shape index (κ3) is 3.02. The minimum atomic E-state index is -0.103. The monoisotopic (exact) mass is 392 g/mol. The number of amides is 1. The molecule has 1 amide bonds. The number of morpholine rings is 1. The van der Waals surface area contributed by atoms with Gasteiger partial charge in [0.15, 0.2) is 5.13 Å². The van der Waals surface area contributed by atoms with Gasteiger partial charge < -0.3 is 19.5 Å². The van der Waals surface area contributed by atoms with E-state index >= 15 is 0 Å². The number of aromatic nitrogens is 2. The zero-order chi connectivity index (χ0) is 19.1. The van der Waals surface area contributed by atoms with Crippen LogP contribution in [0.4, 0.5) is 10.8 Å². The van der Waals surface area contributed by atoms with Crippen molar-refractivity contribution < 1.29 is 9.53 Å². The number of hydrogen-bond donors (Lipinski definition) is 1. The molecule has 0 radical (unpaired) electrons. The molecule has 2 aromatic heterocycles. The zero-order valence-electron chi connectivity index (χ0n) is 15.5. The number of nitrogens with zero attached hydrogens (tertiary/aromatic N) is 3. The summed E-state index contributed by atoms with van der Waals surface area (Å²) in [4.78, 5) is 19.9. The van der Waals surface area contributed by atoms with Crippen LogP contribution in [0.1, 0.15) is 10.4 Å². The van der Waals surface area contributed by atoms with Gasteiger partial charge in [-0.3, -0.25) is 4.79 Å². The molecule has 1 N–H and O–H groups in total. The van der Waals surface area contributed by atoms with E-state index in [1.165, 1.54) is 0 Å². The molecule has 0 spiro atoms. The fourth-order valence-electron chi connectivity index (χ4n) is 3.60. The minimum absolute atomic E-state index is 0.103. The first-order valence-corrected chi connectivity index (χ1v) is 10.1. The van der Waals surface area contributed by atoms with Gasteiger partial charge in [0.1, 0.15) is 0 Å². The van der Waals surface area contributed by atoms with Gasteiger partial charge >= 0.3 is 0 Å². The summed E-state index contributed by atoms with van der Waals surface area (Å²) in [5, 5.41) is 5.00. The summed E-state index contributed by atoms with van der Waals surface area (Å²) in [6, 6.07) is 13.8. The second-order valence-corrected chi connectivity index (χ2v) is 7.91. The third-order valence-electron chi connectivity index (χ3n) is 5.06. The van der Waals surface area contributed by atoms with Crippen LogP contribution in [0.3, 0.4) is 0 Å². The Bertz CT molecular complexity index is 1170. The first-order chi connectivity index (χ1) is 13.7. The van der Waals surface area contributed by atoms with Gasteiger partial charge in [0.05, 0.1) is 29.0 Å². The van der Waals surface area contributed by atoms with E-state index in [1.54, 1.807) is 11.3 Å². The second kappa shape index (κ2) is 6.92. The third-order valence-corrected chi connectivity index (χ3v) is 6.14. The van der Waals surface area contributed by atoms with E-state index in [4.69, 9.17) is 9.72 Å². The standard InChI is InChI=1S/C21H20N4O2S/c1-24-13-16(15-4-2-3-5-18(15)24)20(26)22-14-6-7-17-19(12-14)28-21(23-17)25-8-10-27-11-9-25/h2-7,12-13H,8-11H2,1H3,(H,22,26). The van der Waals surface area contributed by atoms with Crippen molar-refractivity contribution in [1.82, 2.24) is 9.55 Å². The summed E-state index contributed by atoms with van der Waals surface area (Å²) in [5.41, 5.74) is 3.45. The number of carbonyl (C=O) groups excluding carboxylic acids is 1. The molecule has 0 atom stereocenters. The molecule has 0 bridgehead atoms. The van der Waals surface area contributed by atoms with Gasteiger partial charge in [-0.1, -0.05) is 29.5 Å². The average Bonchev–Trinajstić information content (AvgIpc) is 3.30. The van der Waals surface area contributed by atoms with Crippen LogP contribution in [0.5, 0.6) is 0 Å². The van der Waals surface area contributed by atoms with Gasteiger partial charge in [0.25, 0.3) is 5.91 Å². The predicted octanol–water partition coefficient (Wildman–Crippen LogP) is 3.88. The number of carbonyl (C=O) groups is 1. The fraction of sp³-hybridized carbons (Fsp3) is 0.238. The molecular weight excluding hydrogens is 372 g/mol. The lowest BCUT2D eigenvalue weighted by atomic mass is 10.1. The Kier molecular flexibility index (Phi) is 4.26. The van der Waals surface area contributed by atoms with Crippen molar-refractivity contribution in [3.63, 3.8) is 0 Å². The highest BCUT2D eigenvalue weighted by atomic mass is 32.1. The van der Waals surface area contributed by atoms with Gasteiger partial charge in [-0.15, -0.1) is 0 Å². The van der Waals surface area contributed by atoms with Crippen LogP contribution in [0, 0.1) is 0 Å². The molecule has 0 saturated carbocycles. The molecule has 1 aliphatic heterocycles. The number of benzene rings is 2. The maximum Gasteiger partial charge on any atom is 0.257 e. The molecular formula is C21H20N4O2S. The topological polar surface area (TPSA) is 59.4 Å². The first-order valence-electron chi connectivity index (χ1n) is 9.28. The van der Waals surface area contributed by atoms with Crippen LogP contribution in [0.2, 0.25) is 0 Å². The van der Waals surface area contributed by atoms with Gasteiger partial charge in [-0.05, 0) is 24.3 Å². The van der Waals surface area contributed by atoms with Crippen molar-refractivity contribution >= 4 is 49.2 Å². The Morgan fingerprint density at radius 1 is 1.18 bits per heavy atom. The maximum atomic E-state index is 12.9. The van der Waals surface area contributed by atoms with E-state index < -0.39 is 0 Å². The first kappa shape index (κ1) is 17.2. The van der Waals surface area contributed by atoms with E-state index in [1.807, 2.05) is 60.3 Å².